The Morgan fingerprint density at radius 3 is 2.65 bits per heavy atom. The average Bonchev–Trinajstić information content (AvgIpc) is 3.37. The van der Waals surface area contributed by atoms with Crippen LogP contribution in [0, 0.1) is 19.8 Å². The number of piperidine rings is 1. The number of amides is 1. The van der Waals surface area contributed by atoms with Crippen LogP contribution in [-0.2, 0) is 11.3 Å². The van der Waals surface area contributed by atoms with E-state index in [0.717, 1.165) is 40.5 Å². The summed E-state index contributed by atoms with van der Waals surface area (Å²) < 4.78 is 6.54. The summed E-state index contributed by atoms with van der Waals surface area (Å²) in [6.07, 6.45) is 1.82. The summed E-state index contributed by atoms with van der Waals surface area (Å²) >= 11 is 3.45. The van der Waals surface area contributed by atoms with Crippen molar-refractivity contribution in [2.24, 2.45) is 5.92 Å². The Kier molecular flexibility index (Phi) is 7.82. The van der Waals surface area contributed by atoms with Gasteiger partial charge in [-0.15, -0.1) is 0 Å². The summed E-state index contributed by atoms with van der Waals surface area (Å²) in [5.74, 6) is 1.13. The van der Waals surface area contributed by atoms with Crippen molar-refractivity contribution in [3.05, 3.63) is 105 Å². The first-order chi connectivity index (χ1) is 18.0. The number of hydrogen-bond acceptors (Lipinski definition) is 5. The molecule has 0 spiro atoms. The van der Waals surface area contributed by atoms with Crippen LogP contribution in [0.2, 0.25) is 0 Å². The molecular weight excluding hydrogens is 528 g/mol. The van der Waals surface area contributed by atoms with Crippen LogP contribution in [0.15, 0.2) is 81.8 Å². The predicted octanol–water partition coefficient (Wildman–Crippen LogP) is 6.23. The number of carbonyl (C=O) groups is 1. The van der Waals surface area contributed by atoms with Gasteiger partial charge in [-0.25, -0.2) is 0 Å². The molecule has 0 bridgehead atoms. The van der Waals surface area contributed by atoms with Gasteiger partial charge in [-0.1, -0.05) is 75.2 Å². The fraction of sp³-hybridized carbons (Fsp3) is 0.300. The van der Waals surface area contributed by atoms with E-state index in [9.17, 15) is 4.79 Å². The summed E-state index contributed by atoms with van der Waals surface area (Å²) in [5, 5.41) is 7.52. The normalized spacial score (nSPS) is 16.9. The minimum Gasteiger partial charge on any atom is -0.345 e. The molecule has 7 heteroatoms. The number of nitrogens with zero attached hydrogens (tertiary/aromatic N) is 3. The molecule has 1 saturated heterocycles. The minimum atomic E-state index is -0.186. The van der Waals surface area contributed by atoms with Crippen molar-refractivity contribution in [1.29, 1.82) is 0 Å². The Bertz CT molecular complexity index is 1350. The number of aromatic nitrogens is 2. The van der Waals surface area contributed by atoms with Crippen molar-refractivity contribution in [2.45, 2.75) is 39.3 Å². The molecule has 190 valence electrons. The molecule has 1 aliphatic heterocycles. The van der Waals surface area contributed by atoms with Crippen LogP contribution in [0.1, 0.15) is 47.0 Å². The zero-order valence-electron chi connectivity index (χ0n) is 21.2. The topological polar surface area (TPSA) is 71.3 Å². The molecule has 4 aromatic rings. The highest BCUT2D eigenvalue weighted by atomic mass is 79.9. The van der Waals surface area contributed by atoms with Crippen molar-refractivity contribution in [1.82, 2.24) is 20.4 Å². The third kappa shape index (κ3) is 6.17. The number of carbonyl (C=O) groups excluding carboxylic acids is 1. The van der Waals surface area contributed by atoms with Gasteiger partial charge >= 0.3 is 0 Å². The second-order valence-corrected chi connectivity index (χ2v) is 10.7. The molecule has 1 N–H and O–H groups in total. The third-order valence-electron chi connectivity index (χ3n) is 6.96. The molecule has 5 rings (SSSR count). The number of likely N-dealkylation sites (tertiary alicyclic amines) is 1. The molecule has 2 unspecified atom stereocenters. The quantitative estimate of drug-likeness (QED) is 0.291. The average molecular weight is 560 g/mol. The Labute approximate surface area is 226 Å². The van der Waals surface area contributed by atoms with Crippen LogP contribution in [0.5, 0.6) is 0 Å². The Morgan fingerprint density at radius 2 is 1.89 bits per heavy atom. The summed E-state index contributed by atoms with van der Waals surface area (Å²) in [4.78, 5) is 20.4. The highest BCUT2D eigenvalue weighted by Crippen LogP contribution is 2.28. The maximum Gasteiger partial charge on any atom is 0.241 e. The third-order valence-corrected chi connectivity index (χ3v) is 7.49. The smallest absolute Gasteiger partial charge is 0.241 e. The second-order valence-electron chi connectivity index (χ2n) is 9.81. The molecule has 1 aliphatic rings. The van der Waals surface area contributed by atoms with Gasteiger partial charge in [-0.3, -0.25) is 9.69 Å². The number of aryl methyl sites for hydroxylation is 2. The molecule has 0 radical (unpaired) electrons. The SMILES string of the molecule is Cc1ccc(C(NC(=O)C2CCCN(Cc3nc(-c4ccc(Br)cc4)no3)C2)c2ccccc2)c(C)c1. The molecule has 3 aromatic carbocycles. The van der Waals surface area contributed by atoms with E-state index >= 15 is 0 Å². The molecule has 0 saturated carbocycles. The van der Waals surface area contributed by atoms with Gasteiger partial charge in [0.25, 0.3) is 0 Å². The molecule has 2 heterocycles. The number of benzene rings is 3. The monoisotopic (exact) mass is 558 g/mol. The summed E-state index contributed by atoms with van der Waals surface area (Å²) in [5.41, 5.74) is 5.52. The molecule has 37 heavy (non-hydrogen) atoms. The molecule has 0 aliphatic carbocycles. The first kappa shape index (κ1) is 25.4. The Balaban J connectivity index is 1.27. The van der Waals surface area contributed by atoms with Gasteiger partial charge in [0, 0.05) is 16.6 Å². The van der Waals surface area contributed by atoms with Crippen LogP contribution < -0.4 is 5.32 Å². The maximum absolute atomic E-state index is 13.6. The molecular formula is C30H31BrN4O2. The number of rotatable bonds is 7. The zero-order valence-corrected chi connectivity index (χ0v) is 22.7. The van der Waals surface area contributed by atoms with Crippen molar-refractivity contribution < 1.29 is 9.32 Å². The van der Waals surface area contributed by atoms with Crippen LogP contribution >= 0.6 is 15.9 Å². The van der Waals surface area contributed by atoms with Crippen LogP contribution in [0.4, 0.5) is 0 Å². The number of nitrogens with one attached hydrogen (secondary N) is 1. The minimum absolute atomic E-state index is 0.0830. The van der Waals surface area contributed by atoms with E-state index in [1.807, 2.05) is 42.5 Å². The number of halogens is 1. The maximum atomic E-state index is 13.6. The predicted molar refractivity (Wildman–Crippen MR) is 148 cm³/mol. The van der Waals surface area contributed by atoms with Gasteiger partial charge in [0.1, 0.15) is 0 Å². The van der Waals surface area contributed by atoms with Crippen LogP contribution in [-0.4, -0.2) is 34.0 Å². The molecule has 6 nitrogen and oxygen atoms in total. The number of hydrogen-bond donors (Lipinski definition) is 1. The van der Waals surface area contributed by atoms with E-state index in [0.29, 0.717) is 24.8 Å². The Morgan fingerprint density at radius 1 is 1.11 bits per heavy atom. The lowest BCUT2D eigenvalue weighted by molar-refractivity contribution is -0.127. The fourth-order valence-corrected chi connectivity index (χ4v) is 5.30. The van der Waals surface area contributed by atoms with Gasteiger partial charge in [0.05, 0.1) is 18.5 Å². The van der Waals surface area contributed by atoms with Crippen molar-refractivity contribution >= 4 is 21.8 Å². The lowest BCUT2D eigenvalue weighted by Crippen LogP contribution is -2.44. The van der Waals surface area contributed by atoms with Crippen molar-refractivity contribution in [3.63, 3.8) is 0 Å². The second kappa shape index (κ2) is 11.4. The van der Waals surface area contributed by atoms with Crippen molar-refractivity contribution in [2.75, 3.05) is 13.1 Å². The molecule has 1 aromatic heterocycles. The molecule has 1 fully saturated rings. The van der Waals surface area contributed by atoms with Crippen LogP contribution in [0.25, 0.3) is 11.4 Å². The lowest BCUT2D eigenvalue weighted by atomic mass is 9.92. The molecule has 1 amide bonds. The highest BCUT2D eigenvalue weighted by molar-refractivity contribution is 9.10. The van der Waals surface area contributed by atoms with E-state index < -0.39 is 0 Å². The summed E-state index contributed by atoms with van der Waals surface area (Å²) in [6, 6.07) is 24.3. The summed E-state index contributed by atoms with van der Waals surface area (Å²) in [7, 11) is 0. The van der Waals surface area contributed by atoms with Gasteiger partial charge in [0.2, 0.25) is 17.6 Å². The first-order valence-corrected chi connectivity index (χ1v) is 13.5. The van der Waals surface area contributed by atoms with Crippen LogP contribution in [0.3, 0.4) is 0 Å². The van der Waals surface area contributed by atoms with E-state index in [2.05, 4.69) is 80.5 Å². The lowest BCUT2D eigenvalue weighted by Gasteiger charge is -2.32. The summed E-state index contributed by atoms with van der Waals surface area (Å²) in [6.45, 7) is 6.30. The Hall–Kier alpha value is -3.29. The standard InChI is InChI=1S/C30H31BrN4O2/c1-20-10-15-26(21(2)17-20)28(22-7-4-3-5-8-22)33-30(36)24-9-6-16-35(18-24)19-27-32-29(34-37-27)23-11-13-25(31)14-12-23/h3-5,7-8,10-15,17,24,28H,6,9,16,18-19H2,1-2H3,(H,33,36). The highest BCUT2D eigenvalue weighted by Gasteiger charge is 2.29. The van der Waals surface area contributed by atoms with Gasteiger partial charge in [-0.2, -0.15) is 4.98 Å². The van der Waals surface area contributed by atoms with Gasteiger partial charge < -0.3 is 9.84 Å². The van der Waals surface area contributed by atoms with E-state index in [-0.39, 0.29) is 17.9 Å². The van der Waals surface area contributed by atoms with Gasteiger partial charge in [-0.05, 0) is 74.2 Å². The van der Waals surface area contributed by atoms with E-state index in [4.69, 9.17) is 4.52 Å². The van der Waals surface area contributed by atoms with E-state index in [1.54, 1.807) is 0 Å². The molecule has 2 atom stereocenters. The van der Waals surface area contributed by atoms with E-state index in [1.165, 1.54) is 11.1 Å². The van der Waals surface area contributed by atoms with Gasteiger partial charge in [0.15, 0.2) is 0 Å². The van der Waals surface area contributed by atoms with Crippen molar-refractivity contribution in [3.8, 4) is 11.4 Å². The largest absolute Gasteiger partial charge is 0.345 e. The zero-order chi connectivity index (χ0) is 25.8. The first-order valence-electron chi connectivity index (χ1n) is 12.7. The fourth-order valence-electron chi connectivity index (χ4n) is 5.04.